The monoisotopic (exact) mass is 337 g/mol. The van der Waals surface area contributed by atoms with Gasteiger partial charge in [-0.3, -0.25) is 4.79 Å². The molecule has 1 atom stereocenters. The number of ether oxygens (including phenoxy) is 3. The minimum atomic E-state index is -0.303. The number of carbonyl (C=O) groups is 1. The van der Waals surface area contributed by atoms with Gasteiger partial charge in [0.05, 0.1) is 5.69 Å². The van der Waals surface area contributed by atoms with Crippen LogP contribution in [0.3, 0.4) is 0 Å². The van der Waals surface area contributed by atoms with Gasteiger partial charge in [0.15, 0.2) is 17.3 Å². The number of methoxy groups -OCH3 is 1. The lowest BCUT2D eigenvalue weighted by molar-refractivity contribution is -0.125. The number of rotatable bonds is 1. The summed E-state index contributed by atoms with van der Waals surface area (Å²) in [4.78, 5) is 14.9. The summed E-state index contributed by atoms with van der Waals surface area (Å²) in [6.45, 7) is 0.889. The van der Waals surface area contributed by atoms with Crippen molar-refractivity contribution in [1.29, 1.82) is 0 Å². The highest BCUT2D eigenvalue weighted by Crippen LogP contribution is 2.46. The highest BCUT2D eigenvalue weighted by Gasteiger charge is 2.35. The molecule has 0 radical (unpaired) electrons. The van der Waals surface area contributed by atoms with Crippen molar-refractivity contribution in [3.05, 3.63) is 35.4 Å². The third-order valence-electron chi connectivity index (χ3n) is 5.48. The highest BCUT2D eigenvalue weighted by atomic mass is 16.7. The third kappa shape index (κ3) is 2.02. The quantitative estimate of drug-likeness (QED) is 0.800. The van der Waals surface area contributed by atoms with E-state index in [1.54, 1.807) is 7.11 Å². The van der Waals surface area contributed by atoms with Gasteiger partial charge in [0.25, 0.3) is 0 Å². The van der Waals surface area contributed by atoms with Crippen LogP contribution in [0.25, 0.3) is 16.3 Å². The number of fused-ring (bicyclic) bond motifs is 5. The first kappa shape index (κ1) is 14.8. The Kier molecular flexibility index (Phi) is 3.09. The largest absolute Gasteiger partial charge is 0.454 e. The van der Waals surface area contributed by atoms with Crippen LogP contribution in [0.15, 0.2) is 29.8 Å². The Morgan fingerprint density at radius 2 is 1.96 bits per heavy atom. The molecular weight excluding hydrogens is 318 g/mol. The fraction of sp³-hybridized carbons (Fsp3) is 0.350. The Morgan fingerprint density at radius 1 is 1.16 bits per heavy atom. The second-order valence-electron chi connectivity index (χ2n) is 6.83. The maximum absolute atomic E-state index is 12.7. The van der Waals surface area contributed by atoms with Gasteiger partial charge in [0.2, 0.25) is 6.79 Å². The topological polar surface area (TPSA) is 48.0 Å². The summed E-state index contributed by atoms with van der Waals surface area (Å²) in [6.07, 6.45) is 1.32. The standard InChI is InChI=1S/C20H19NO4/c1-21-9-15-12(5-6-16(23-2)20(15)22)13-4-3-11-7-17-18(25-10-24-17)8-14(11)19(13)21/h3-4,7-8,16H,5-6,9-10H2,1-2H3. The average molecular weight is 337 g/mol. The summed E-state index contributed by atoms with van der Waals surface area (Å²) in [5.41, 5.74) is 4.38. The smallest absolute Gasteiger partial charge is 0.231 e. The summed E-state index contributed by atoms with van der Waals surface area (Å²) in [6, 6.07) is 8.32. The van der Waals surface area contributed by atoms with Crippen molar-refractivity contribution < 1.29 is 19.0 Å². The van der Waals surface area contributed by atoms with Crippen LogP contribution in [0.5, 0.6) is 11.5 Å². The highest BCUT2D eigenvalue weighted by molar-refractivity contribution is 6.12. The van der Waals surface area contributed by atoms with E-state index in [2.05, 4.69) is 23.1 Å². The molecule has 0 saturated carbocycles. The molecular formula is C20H19NO4. The van der Waals surface area contributed by atoms with E-state index < -0.39 is 0 Å². The molecule has 2 aliphatic heterocycles. The van der Waals surface area contributed by atoms with Crippen molar-refractivity contribution in [3.8, 4) is 11.5 Å². The minimum Gasteiger partial charge on any atom is -0.454 e. The van der Waals surface area contributed by atoms with Gasteiger partial charge >= 0.3 is 0 Å². The summed E-state index contributed by atoms with van der Waals surface area (Å²) in [5.74, 6) is 1.71. The molecule has 0 fully saturated rings. The number of carbonyl (C=O) groups excluding carboxylic acids is 1. The van der Waals surface area contributed by atoms with E-state index in [9.17, 15) is 4.79 Å². The lowest BCUT2D eigenvalue weighted by atomic mass is 9.80. The van der Waals surface area contributed by atoms with Crippen LogP contribution < -0.4 is 14.4 Å². The summed E-state index contributed by atoms with van der Waals surface area (Å²) in [5, 5.41) is 2.26. The lowest BCUT2D eigenvalue weighted by Gasteiger charge is -2.36. The van der Waals surface area contributed by atoms with Crippen LogP contribution in [-0.4, -0.2) is 39.4 Å². The fourth-order valence-corrected chi connectivity index (χ4v) is 4.26. The molecule has 5 heteroatoms. The van der Waals surface area contributed by atoms with E-state index in [4.69, 9.17) is 14.2 Å². The van der Waals surface area contributed by atoms with Crippen molar-refractivity contribution in [2.45, 2.75) is 18.9 Å². The summed E-state index contributed by atoms with van der Waals surface area (Å²) < 4.78 is 16.4. The zero-order chi connectivity index (χ0) is 17.1. The lowest BCUT2D eigenvalue weighted by Crippen LogP contribution is -2.37. The SMILES string of the molecule is COC1CCC2=C(CN(C)c3c2ccc2cc4c(cc32)OCO4)C1=O. The van der Waals surface area contributed by atoms with Crippen molar-refractivity contribution >= 4 is 27.8 Å². The van der Waals surface area contributed by atoms with Gasteiger partial charge < -0.3 is 19.1 Å². The number of ketones is 1. The molecule has 0 aromatic heterocycles. The number of anilines is 1. The van der Waals surface area contributed by atoms with Crippen molar-refractivity contribution in [3.63, 3.8) is 0 Å². The zero-order valence-electron chi connectivity index (χ0n) is 14.3. The molecule has 3 aliphatic rings. The molecule has 1 aliphatic carbocycles. The number of hydrogen-bond acceptors (Lipinski definition) is 5. The first-order chi connectivity index (χ1) is 12.2. The second-order valence-corrected chi connectivity index (χ2v) is 6.83. The van der Waals surface area contributed by atoms with Crippen LogP contribution >= 0.6 is 0 Å². The molecule has 0 amide bonds. The Hall–Kier alpha value is -2.53. The van der Waals surface area contributed by atoms with Gasteiger partial charge in [0, 0.05) is 37.2 Å². The van der Waals surface area contributed by atoms with E-state index in [-0.39, 0.29) is 18.7 Å². The maximum Gasteiger partial charge on any atom is 0.231 e. The molecule has 0 N–H and O–H groups in total. The average Bonchev–Trinajstić information content (AvgIpc) is 3.07. The Morgan fingerprint density at radius 3 is 2.76 bits per heavy atom. The first-order valence-corrected chi connectivity index (χ1v) is 8.54. The van der Waals surface area contributed by atoms with Crippen LogP contribution in [0.4, 0.5) is 5.69 Å². The van der Waals surface area contributed by atoms with Crippen LogP contribution in [0.1, 0.15) is 18.4 Å². The third-order valence-corrected chi connectivity index (χ3v) is 5.48. The van der Waals surface area contributed by atoms with E-state index >= 15 is 0 Å². The minimum absolute atomic E-state index is 0.132. The van der Waals surface area contributed by atoms with E-state index in [1.165, 1.54) is 11.3 Å². The van der Waals surface area contributed by atoms with E-state index in [1.807, 2.05) is 13.1 Å². The number of benzene rings is 2. The molecule has 2 aromatic carbocycles. The molecule has 128 valence electrons. The predicted octanol–water partition coefficient (Wildman–Crippen LogP) is 3.15. The molecule has 2 aromatic rings. The van der Waals surface area contributed by atoms with Crippen molar-refractivity contribution in [1.82, 2.24) is 0 Å². The van der Waals surface area contributed by atoms with Gasteiger partial charge in [-0.15, -0.1) is 0 Å². The van der Waals surface area contributed by atoms with Gasteiger partial charge in [-0.1, -0.05) is 12.1 Å². The van der Waals surface area contributed by atoms with Gasteiger partial charge in [-0.25, -0.2) is 0 Å². The normalized spacial score (nSPS) is 21.6. The number of Topliss-reactive ketones (excluding diaryl/α,β-unsaturated/α-hetero) is 1. The van der Waals surface area contributed by atoms with Gasteiger partial charge in [-0.05, 0) is 35.9 Å². The van der Waals surface area contributed by atoms with Crippen LogP contribution in [0, 0.1) is 0 Å². The summed E-state index contributed by atoms with van der Waals surface area (Å²) >= 11 is 0. The Bertz CT molecular complexity index is 946. The summed E-state index contributed by atoms with van der Waals surface area (Å²) in [7, 11) is 3.65. The molecule has 0 spiro atoms. The second kappa shape index (κ2) is 5.23. The number of likely N-dealkylation sites (N-methyl/N-ethyl adjacent to an activating group) is 1. The van der Waals surface area contributed by atoms with Gasteiger partial charge in [0.1, 0.15) is 6.10 Å². The molecule has 1 unspecified atom stereocenters. The van der Waals surface area contributed by atoms with Crippen molar-refractivity contribution in [2.24, 2.45) is 0 Å². The molecule has 0 saturated heterocycles. The maximum atomic E-state index is 12.7. The molecule has 5 nitrogen and oxygen atoms in total. The van der Waals surface area contributed by atoms with Crippen molar-refractivity contribution in [2.75, 3.05) is 32.4 Å². The molecule has 5 rings (SSSR count). The molecule has 2 heterocycles. The van der Waals surface area contributed by atoms with E-state index in [0.29, 0.717) is 6.54 Å². The fourth-order valence-electron chi connectivity index (χ4n) is 4.26. The molecule has 25 heavy (non-hydrogen) atoms. The number of nitrogens with zero attached hydrogens (tertiary/aromatic N) is 1. The molecule has 0 bridgehead atoms. The predicted molar refractivity (Wildman–Crippen MR) is 95.3 cm³/mol. The van der Waals surface area contributed by atoms with Gasteiger partial charge in [-0.2, -0.15) is 0 Å². The number of hydrogen-bond donors (Lipinski definition) is 0. The van der Waals surface area contributed by atoms with E-state index in [0.717, 1.165) is 46.2 Å². The van der Waals surface area contributed by atoms with Crippen LogP contribution in [-0.2, 0) is 9.53 Å². The van der Waals surface area contributed by atoms with Crippen LogP contribution in [0.2, 0.25) is 0 Å². The first-order valence-electron chi connectivity index (χ1n) is 8.54. The zero-order valence-corrected chi connectivity index (χ0v) is 14.3. The Labute approximate surface area is 145 Å². The Balaban J connectivity index is 1.74. The number of allylic oxidation sites excluding steroid dienone is 1.